The number of imide groups is 1. The van der Waals surface area contributed by atoms with Gasteiger partial charge in [0, 0.05) is 11.5 Å². The molecule has 3 heterocycles. The number of hydrogen-bond donors (Lipinski definition) is 1. The largest absolute Gasteiger partial charge is 0.392 e. The predicted octanol–water partition coefficient (Wildman–Crippen LogP) is 7.48. The van der Waals surface area contributed by atoms with E-state index in [0.29, 0.717) is 17.7 Å². The smallest absolute Gasteiger partial charge is 0.261 e. The standard InChI is InChI=1S/C41H35N3O5/c1-26-37(23-43-25-42-35-11-4-5-12-36(35)43)48-41(49-38(26)30-15-13-27(24-45)14-16-30)31-19-17-29(18-20-31)32-8-6-7-28(21-32)22-44-39(46)33-9-2-3-10-34(33)40(44)47/h2-21,25-26,37-38,41,45H,22-24H2,1H3/t26-,37+,38+,41+/m0/s1. The van der Waals surface area contributed by atoms with Crippen LogP contribution in [0.3, 0.4) is 0 Å². The zero-order chi connectivity index (χ0) is 33.5. The van der Waals surface area contributed by atoms with Crippen molar-refractivity contribution in [3.63, 3.8) is 0 Å². The molecule has 0 bridgehead atoms. The van der Waals surface area contributed by atoms with Crippen molar-refractivity contribution in [2.75, 3.05) is 0 Å². The molecule has 0 aliphatic carbocycles. The van der Waals surface area contributed by atoms with E-state index in [9.17, 15) is 14.7 Å². The van der Waals surface area contributed by atoms with Crippen LogP contribution in [-0.2, 0) is 29.2 Å². The number of carbonyl (C=O) groups excluding carboxylic acids is 2. The van der Waals surface area contributed by atoms with Gasteiger partial charge in [0.2, 0.25) is 0 Å². The van der Waals surface area contributed by atoms with Gasteiger partial charge in [0.1, 0.15) is 0 Å². The summed E-state index contributed by atoms with van der Waals surface area (Å²) < 4.78 is 15.5. The van der Waals surface area contributed by atoms with Gasteiger partial charge in [-0.2, -0.15) is 0 Å². The fraction of sp³-hybridized carbons (Fsp3) is 0.195. The molecule has 1 N–H and O–H groups in total. The summed E-state index contributed by atoms with van der Waals surface area (Å²) in [5.41, 5.74) is 8.52. The van der Waals surface area contributed by atoms with Crippen molar-refractivity contribution < 1.29 is 24.2 Å². The summed E-state index contributed by atoms with van der Waals surface area (Å²) in [4.78, 5) is 31.8. The Hall–Kier alpha value is -5.41. The maximum Gasteiger partial charge on any atom is 0.261 e. The van der Waals surface area contributed by atoms with Gasteiger partial charge in [-0.15, -0.1) is 0 Å². The molecule has 1 saturated heterocycles. The minimum Gasteiger partial charge on any atom is -0.392 e. The second kappa shape index (κ2) is 12.9. The fourth-order valence-electron chi connectivity index (χ4n) is 6.92. The van der Waals surface area contributed by atoms with Gasteiger partial charge in [-0.1, -0.05) is 97.9 Å². The number of rotatable bonds is 8. The molecule has 5 aromatic carbocycles. The Bertz CT molecular complexity index is 2120. The van der Waals surface area contributed by atoms with Crippen LogP contribution in [0.15, 0.2) is 128 Å². The van der Waals surface area contributed by atoms with E-state index in [0.717, 1.165) is 44.4 Å². The van der Waals surface area contributed by atoms with E-state index >= 15 is 0 Å². The number of aromatic nitrogens is 2. The molecule has 0 spiro atoms. The third-order valence-electron chi connectivity index (χ3n) is 9.69. The van der Waals surface area contributed by atoms with Crippen LogP contribution in [0.4, 0.5) is 0 Å². The highest BCUT2D eigenvalue weighted by Gasteiger charge is 2.39. The topological polar surface area (TPSA) is 93.9 Å². The first-order valence-electron chi connectivity index (χ1n) is 16.5. The molecule has 2 amide bonds. The Morgan fingerprint density at radius 1 is 0.714 bits per heavy atom. The van der Waals surface area contributed by atoms with E-state index in [1.807, 2.05) is 97.3 Å². The summed E-state index contributed by atoms with van der Waals surface area (Å²) in [6.07, 6.45) is 0.864. The summed E-state index contributed by atoms with van der Waals surface area (Å²) in [5.74, 6) is -0.500. The minimum absolute atomic E-state index is 0.0125. The van der Waals surface area contributed by atoms with Gasteiger partial charge in [-0.05, 0) is 58.1 Å². The molecule has 0 saturated carbocycles. The first-order valence-corrected chi connectivity index (χ1v) is 16.5. The van der Waals surface area contributed by atoms with E-state index in [4.69, 9.17) is 9.47 Å². The SMILES string of the molecule is C[C@H]1[C@@H](Cn2cnc3ccccc32)O[C@@H](c2ccc(-c3cccc(CN4C(=O)c5ccccc5C4=O)c3)cc2)O[C@H]1c1ccc(CO)cc1. The average Bonchev–Trinajstić information content (AvgIpc) is 3.66. The second-order valence-electron chi connectivity index (χ2n) is 12.8. The number of imidazole rings is 1. The zero-order valence-electron chi connectivity index (χ0n) is 27.0. The normalized spacial score (nSPS) is 20.6. The van der Waals surface area contributed by atoms with Crippen molar-refractivity contribution in [2.45, 2.75) is 45.1 Å². The number of hydrogen-bond acceptors (Lipinski definition) is 6. The van der Waals surface area contributed by atoms with Crippen LogP contribution in [0.25, 0.3) is 22.2 Å². The first kappa shape index (κ1) is 30.9. The molecular weight excluding hydrogens is 614 g/mol. The summed E-state index contributed by atoms with van der Waals surface area (Å²) in [7, 11) is 0. The molecule has 0 radical (unpaired) electrons. The van der Waals surface area contributed by atoms with Crippen molar-refractivity contribution in [1.82, 2.24) is 14.5 Å². The zero-order valence-corrected chi connectivity index (χ0v) is 27.0. The van der Waals surface area contributed by atoms with Gasteiger partial charge in [0.05, 0.1) is 60.4 Å². The van der Waals surface area contributed by atoms with Crippen LogP contribution >= 0.6 is 0 Å². The van der Waals surface area contributed by atoms with Crippen molar-refractivity contribution in [3.8, 4) is 11.1 Å². The summed E-state index contributed by atoms with van der Waals surface area (Å²) in [5, 5.41) is 9.60. The summed E-state index contributed by atoms with van der Waals surface area (Å²) in [6, 6.07) is 39.0. The molecule has 1 fully saturated rings. The van der Waals surface area contributed by atoms with Crippen LogP contribution in [0.5, 0.6) is 0 Å². The summed E-state index contributed by atoms with van der Waals surface area (Å²) in [6.45, 7) is 2.96. The molecule has 4 atom stereocenters. The molecule has 1 aromatic heterocycles. The summed E-state index contributed by atoms with van der Waals surface area (Å²) >= 11 is 0. The van der Waals surface area contributed by atoms with Crippen LogP contribution in [0.1, 0.15) is 62.3 Å². The molecular formula is C41H35N3O5. The van der Waals surface area contributed by atoms with E-state index in [1.54, 1.807) is 24.3 Å². The van der Waals surface area contributed by atoms with Gasteiger partial charge in [-0.25, -0.2) is 4.98 Å². The van der Waals surface area contributed by atoms with Crippen LogP contribution in [0.2, 0.25) is 0 Å². The number of benzene rings is 5. The molecule has 0 unspecified atom stereocenters. The monoisotopic (exact) mass is 649 g/mol. The molecule has 2 aliphatic rings. The van der Waals surface area contributed by atoms with Gasteiger partial charge < -0.3 is 19.1 Å². The van der Waals surface area contributed by atoms with Crippen molar-refractivity contribution >= 4 is 22.8 Å². The highest BCUT2D eigenvalue weighted by Crippen LogP contribution is 2.42. The molecule has 6 aromatic rings. The molecule has 8 heteroatoms. The number of para-hydroxylation sites is 2. The second-order valence-corrected chi connectivity index (χ2v) is 12.8. The quantitative estimate of drug-likeness (QED) is 0.172. The lowest BCUT2D eigenvalue weighted by Gasteiger charge is -2.41. The third kappa shape index (κ3) is 5.84. The number of aliphatic hydroxyl groups is 1. The third-order valence-corrected chi connectivity index (χ3v) is 9.69. The van der Waals surface area contributed by atoms with Crippen molar-refractivity contribution in [2.24, 2.45) is 5.92 Å². The highest BCUT2D eigenvalue weighted by atomic mass is 16.7. The molecule has 8 rings (SSSR count). The Morgan fingerprint density at radius 3 is 2.14 bits per heavy atom. The number of fused-ring (bicyclic) bond motifs is 2. The Balaban J connectivity index is 1.04. The number of amides is 2. The fourth-order valence-corrected chi connectivity index (χ4v) is 6.92. The maximum absolute atomic E-state index is 13.0. The van der Waals surface area contributed by atoms with Crippen LogP contribution in [0, 0.1) is 5.92 Å². The number of ether oxygens (including phenoxy) is 2. The number of nitrogens with zero attached hydrogens (tertiary/aromatic N) is 3. The molecule has 49 heavy (non-hydrogen) atoms. The molecule has 244 valence electrons. The van der Waals surface area contributed by atoms with E-state index < -0.39 is 6.29 Å². The van der Waals surface area contributed by atoms with Crippen molar-refractivity contribution in [1.29, 1.82) is 0 Å². The lowest BCUT2D eigenvalue weighted by molar-refractivity contribution is -0.276. The van der Waals surface area contributed by atoms with Crippen LogP contribution in [-0.4, -0.2) is 37.5 Å². The first-order chi connectivity index (χ1) is 24.0. The Labute approximate surface area is 284 Å². The van der Waals surface area contributed by atoms with Gasteiger partial charge in [0.15, 0.2) is 6.29 Å². The van der Waals surface area contributed by atoms with Crippen molar-refractivity contribution in [3.05, 3.63) is 161 Å². The van der Waals surface area contributed by atoms with Crippen LogP contribution < -0.4 is 0 Å². The van der Waals surface area contributed by atoms with E-state index in [-0.39, 0.29) is 43.1 Å². The lowest BCUT2D eigenvalue weighted by Crippen LogP contribution is -2.39. The van der Waals surface area contributed by atoms with E-state index in [1.165, 1.54) is 4.90 Å². The maximum atomic E-state index is 13.0. The Morgan fingerprint density at radius 2 is 1.41 bits per heavy atom. The lowest BCUT2D eigenvalue weighted by atomic mass is 9.90. The van der Waals surface area contributed by atoms with Gasteiger partial charge >= 0.3 is 0 Å². The number of carbonyl (C=O) groups is 2. The Kier molecular flexibility index (Phi) is 8.13. The van der Waals surface area contributed by atoms with Gasteiger partial charge in [-0.3, -0.25) is 14.5 Å². The molecule has 2 aliphatic heterocycles. The van der Waals surface area contributed by atoms with Gasteiger partial charge in [0.25, 0.3) is 11.8 Å². The molecule has 8 nitrogen and oxygen atoms in total. The van der Waals surface area contributed by atoms with E-state index in [2.05, 4.69) is 22.5 Å². The average molecular weight is 650 g/mol. The predicted molar refractivity (Wildman–Crippen MR) is 185 cm³/mol. The number of aliphatic hydroxyl groups excluding tert-OH is 1. The minimum atomic E-state index is -0.604. The highest BCUT2D eigenvalue weighted by molar-refractivity contribution is 6.21.